The third-order valence-electron chi connectivity index (χ3n) is 2.31. The second kappa shape index (κ2) is 8.22. The van der Waals surface area contributed by atoms with E-state index in [1.165, 1.54) is 7.11 Å². The Kier molecular flexibility index (Phi) is 6.94. The van der Waals surface area contributed by atoms with E-state index in [0.717, 1.165) is 0 Å². The Morgan fingerprint density at radius 2 is 2.16 bits per heavy atom. The lowest BCUT2D eigenvalue weighted by molar-refractivity contribution is -0.0407. The third kappa shape index (κ3) is 5.24. The molecule has 0 heterocycles. The first-order chi connectivity index (χ1) is 9.06. The average Bonchev–Trinajstić information content (AvgIpc) is 2.36. The average molecular weight is 308 g/mol. The molecule has 1 aromatic carbocycles. The monoisotopic (exact) mass is 307 g/mol. The Balaban J connectivity index is 2.77. The van der Waals surface area contributed by atoms with Crippen LogP contribution in [-0.4, -0.2) is 26.6 Å². The molecule has 2 N–H and O–H groups in total. The van der Waals surface area contributed by atoms with Crippen molar-refractivity contribution in [2.24, 2.45) is 5.73 Å². The van der Waals surface area contributed by atoms with Gasteiger partial charge >= 0.3 is 6.09 Å². The molecule has 0 aliphatic heterocycles. The Labute approximate surface area is 121 Å². The number of carbonyl (C=O) groups is 1. The smallest absolute Gasteiger partial charge is 0.405 e. The predicted octanol–water partition coefficient (Wildman–Crippen LogP) is 3.14. The van der Waals surface area contributed by atoms with Crippen molar-refractivity contribution >= 4 is 29.3 Å². The number of rotatable bonds is 7. The van der Waals surface area contributed by atoms with Crippen molar-refractivity contribution in [3.8, 4) is 0 Å². The minimum atomic E-state index is -0.882. The molecular weight excluding hydrogens is 293 g/mol. The molecule has 1 atom stereocenters. The maximum Gasteiger partial charge on any atom is 0.405 e. The number of nitrogens with two attached hydrogens (primary N) is 1. The highest BCUT2D eigenvalue weighted by Crippen LogP contribution is 2.33. The van der Waals surface area contributed by atoms with Crippen LogP contribution >= 0.6 is 23.2 Å². The van der Waals surface area contributed by atoms with Gasteiger partial charge in [0.25, 0.3) is 0 Å². The molecule has 0 aromatic heterocycles. The summed E-state index contributed by atoms with van der Waals surface area (Å²) in [4.78, 5) is 10.9. The fraction of sp³-hybridized carbons (Fsp3) is 0.417. The van der Waals surface area contributed by atoms with Crippen LogP contribution in [0.25, 0.3) is 0 Å². The molecule has 1 amide bonds. The van der Waals surface area contributed by atoms with E-state index in [9.17, 15) is 4.79 Å². The normalized spacial score (nSPS) is 12.2. The zero-order valence-electron chi connectivity index (χ0n) is 10.4. The Bertz CT molecular complexity index is 428. The van der Waals surface area contributed by atoms with E-state index in [1.54, 1.807) is 18.2 Å². The molecule has 1 aromatic rings. The van der Waals surface area contributed by atoms with Gasteiger partial charge in [-0.3, -0.25) is 0 Å². The van der Waals surface area contributed by atoms with Crippen LogP contribution in [-0.2, 0) is 14.2 Å². The van der Waals surface area contributed by atoms with Gasteiger partial charge in [0, 0.05) is 19.1 Å². The second-order valence-corrected chi connectivity index (χ2v) is 4.46. The first kappa shape index (κ1) is 16.0. The van der Waals surface area contributed by atoms with Gasteiger partial charge in [-0.1, -0.05) is 35.3 Å². The topological polar surface area (TPSA) is 70.8 Å². The highest BCUT2D eigenvalue weighted by atomic mass is 35.5. The van der Waals surface area contributed by atoms with Gasteiger partial charge in [-0.25, -0.2) is 4.79 Å². The Hall–Kier alpha value is -1.01. The zero-order chi connectivity index (χ0) is 14.3. The summed E-state index contributed by atoms with van der Waals surface area (Å²) in [5, 5.41) is 0.720. The van der Waals surface area contributed by atoms with E-state index in [1.807, 2.05) is 0 Å². The molecule has 0 fully saturated rings. The molecule has 0 saturated heterocycles. The third-order valence-corrected chi connectivity index (χ3v) is 3.15. The number of primary amides is 1. The summed E-state index contributed by atoms with van der Waals surface area (Å²) in [6.07, 6.45) is -1.10. The number of amides is 1. The predicted molar refractivity (Wildman–Crippen MR) is 72.3 cm³/mol. The summed E-state index contributed by atoms with van der Waals surface area (Å²) < 4.78 is 14.9. The van der Waals surface area contributed by atoms with Crippen molar-refractivity contribution in [2.75, 3.05) is 20.5 Å². The van der Waals surface area contributed by atoms with E-state index < -0.39 is 12.2 Å². The molecule has 0 aliphatic carbocycles. The maximum atomic E-state index is 10.9. The summed E-state index contributed by atoms with van der Waals surface area (Å²) in [5.74, 6) is 0. The zero-order valence-corrected chi connectivity index (χ0v) is 11.9. The van der Waals surface area contributed by atoms with Crippen molar-refractivity contribution in [1.82, 2.24) is 0 Å². The minimum Gasteiger partial charge on any atom is -0.441 e. The summed E-state index contributed by atoms with van der Waals surface area (Å²) in [5.41, 5.74) is 5.64. The second-order valence-electron chi connectivity index (χ2n) is 3.67. The lowest BCUT2D eigenvalue weighted by atomic mass is 10.1. The molecule has 1 rings (SSSR count). The number of hydrogen-bond donors (Lipinski definition) is 1. The van der Waals surface area contributed by atoms with Crippen molar-refractivity contribution < 1.29 is 19.0 Å². The van der Waals surface area contributed by atoms with Crippen molar-refractivity contribution in [3.05, 3.63) is 33.8 Å². The van der Waals surface area contributed by atoms with Crippen LogP contribution in [0.4, 0.5) is 4.79 Å². The molecule has 106 valence electrons. The molecule has 0 bridgehead atoms. The molecule has 1 unspecified atom stereocenters. The lowest BCUT2D eigenvalue weighted by Crippen LogP contribution is -2.19. The standard InChI is InChI=1S/C12H15Cl2NO4/c1-17-7-18-6-5-10(19-12(15)16)8-3-2-4-9(13)11(8)14/h2-4,10H,5-7H2,1H3,(H2,15,16). The largest absolute Gasteiger partial charge is 0.441 e. The number of hydrogen-bond acceptors (Lipinski definition) is 4. The van der Waals surface area contributed by atoms with E-state index in [2.05, 4.69) is 0 Å². The van der Waals surface area contributed by atoms with Crippen LogP contribution in [0.3, 0.4) is 0 Å². The van der Waals surface area contributed by atoms with Crippen molar-refractivity contribution in [1.29, 1.82) is 0 Å². The molecule has 0 radical (unpaired) electrons. The van der Waals surface area contributed by atoms with Crippen LogP contribution < -0.4 is 5.73 Å². The quantitative estimate of drug-likeness (QED) is 0.620. The molecule has 0 spiro atoms. The Morgan fingerprint density at radius 1 is 1.42 bits per heavy atom. The van der Waals surface area contributed by atoms with Gasteiger partial charge in [0.15, 0.2) is 0 Å². The van der Waals surface area contributed by atoms with Gasteiger partial charge in [0.1, 0.15) is 12.9 Å². The molecule has 0 saturated carbocycles. The number of halogens is 2. The highest BCUT2D eigenvalue weighted by molar-refractivity contribution is 6.42. The number of benzene rings is 1. The van der Waals surface area contributed by atoms with E-state index >= 15 is 0 Å². The summed E-state index contributed by atoms with van der Waals surface area (Å²) >= 11 is 12.0. The van der Waals surface area contributed by atoms with Crippen molar-refractivity contribution in [3.63, 3.8) is 0 Å². The molecule has 5 nitrogen and oxygen atoms in total. The minimum absolute atomic E-state index is 0.159. The molecule has 0 aliphatic rings. The van der Waals surface area contributed by atoms with Crippen molar-refractivity contribution in [2.45, 2.75) is 12.5 Å². The van der Waals surface area contributed by atoms with Gasteiger partial charge in [0.2, 0.25) is 0 Å². The van der Waals surface area contributed by atoms with Crippen LogP contribution in [0, 0.1) is 0 Å². The number of carbonyl (C=O) groups excluding carboxylic acids is 1. The van der Waals surface area contributed by atoms with E-state index in [-0.39, 0.29) is 6.79 Å². The Morgan fingerprint density at radius 3 is 2.79 bits per heavy atom. The maximum absolute atomic E-state index is 10.9. The molecule has 19 heavy (non-hydrogen) atoms. The van der Waals surface area contributed by atoms with Crippen LogP contribution in [0.15, 0.2) is 18.2 Å². The molecule has 7 heteroatoms. The fourth-order valence-corrected chi connectivity index (χ4v) is 1.95. The van der Waals surface area contributed by atoms with E-state index in [4.69, 9.17) is 43.1 Å². The van der Waals surface area contributed by atoms with E-state index in [0.29, 0.717) is 28.6 Å². The van der Waals surface area contributed by atoms with Gasteiger partial charge in [-0.05, 0) is 6.07 Å². The molecular formula is C12H15Cl2NO4. The number of methoxy groups -OCH3 is 1. The summed E-state index contributed by atoms with van der Waals surface area (Å²) in [6.45, 7) is 0.487. The van der Waals surface area contributed by atoms with Crippen LogP contribution in [0.5, 0.6) is 0 Å². The first-order valence-corrected chi connectivity index (χ1v) is 6.28. The van der Waals surface area contributed by atoms with Crippen LogP contribution in [0.2, 0.25) is 10.0 Å². The summed E-state index contributed by atoms with van der Waals surface area (Å²) in [6, 6.07) is 5.09. The lowest BCUT2D eigenvalue weighted by Gasteiger charge is -2.18. The fourth-order valence-electron chi connectivity index (χ4n) is 1.52. The van der Waals surface area contributed by atoms with Crippen LogP contribution in [0.1, 0.15) is 18.1 Å². The first-order valence-electron chi connectivity index (χ1n) is 5.53. The SMILES string of the molecule is COCOCCC(OC(N)=O)c1cccc(Cl)c1Cl. The van der Waals surface area contributed by atoms with Gasteiger partial charge in [-0.2, -0.15) is 0 Å². The van der Waals surface area contributed by atoms with Gasteiger partial charge in [0.05, 0.1) is 16.7 Å². The van der Waals surface area contributed by atoms with Gasteiger partial charge in [-0.15, -0.1) is 0 Å². The highest BCUT2D eigenvalue weighted by Gasteiger charge is 2.19. The van der Waals surface area contributed by atoms with Gasteiger partial charge < -0.3 is 19.9 Å². The number of ether oxygens (including phenoxy) is 3. The summed E-state index contributed by atoms with van der Waals surface area (Å²) in [7, 11) is 1.52.